The standard InChI is InChI=1S/C23H30ClN3O2S/c1-23(2,3)14-10-11-15-18(12-14)30-22(26-19(28)13-27(4)5)20(15)21(29)25-17-9-7-6-8-16(17)24/h6-9,14H,10-13H2,1-5H3,(H,25,29)(H,26,28)/t14-/m1/s1. The normalized spacial score (nSPS) is 16.3. The number of thiophene rings is 1. The number of nitrogens with one attached hydrogen (secondary N) is 2. The SMILES string of the molecule is CN(C)CC(=O)Nc1sc2c(c1C(=O)Nc1ccccc1Cl)CC[C@@H](C(C)(C)C)C2. The van der Waals surface area contributed by atoms with E-state index in [1.54, 1.807) is 12.1 Å². The van der Waals surface area contributed by atoms with E-state index in [2.05, 4.69) is 31.4 Å². The second-order valence-electron chi connectivity index (χ2n) is 9.23. The fourth-order valence-corrected chi connectivity index (χ4v) is 5.38. The molecule has 2 aromatic rings. The lowest BCUT2D eigenvalue weighted by Crippen LogP contribution is -2.28. The van der Waals surface area contributed by atoms with Gasteiger partial charge in [-0.2, -0.15) is 0 Å². The largest absolute Gasteiger partial charge is 0.321 e. The topological polar surface area (TPSA) is 61.4 Å². The molecule has 0 spiro atoms. The number of nitrogens with zero attached hydrogens (tertiary/aromatic N) is 1. The van der Waals surface area contributed by atoms with Gasteiger partial charge in [0.25, 0.3) is 5.91 Å². The Morgan fingerprint density at radius 2 is 1.90 bits per heavy atom. The third-order valence-electron chi connectivity index (χ3n) is 5.55. The molecule has 0 unspecified atom stereocenters. The van der Waals surface area contributed by atoms with Gasteiger partial charge in [0, 0.05) is 4.88 Å². The predicted octanol–water partition coefficient (Wildman–Crippen LogP) is 5.30. The number of para-hydroxylation sites is 1. The fraction of sp³-hybridized carbons (Fsp3) is 0.478. The van der Waals surface area contributed by atoms with Crippen LogP contribution in [0.15, 0.2) is 24.3 Å². The van der Waals surface area contributed by atoms with Crippen molar-refractivity contribution in [2.45, 2.75) is 40.0 Å². The molecule has 30 heavy (non-hydrogen) atoms. The van der Waals surface area contributed by atoms with Crippen LogP contribution in [0.25, 0.3) is 0 Å². The van der Waals surface area contributed by atoms with Crippen molar-refractivity contribution in [2.75, 3.05) is 31.3 Å². The van der Waals surface area contributed by atoms with Crippen molar-refractivity contribution in [1.29, 1.82) is 0 Å². The highest BCUT2D eigenvalue weighted by atomic mass is 35.5. The zero-order chi connectivity index (χ0) is 22.1. The Balaban J connectivity index is 1.95. The first-order chi connectivity index (χ1) is 14.1. The predicted molar refractivity (Wildman–Crippen MR) is 126 cm³/mol. The van der Waals surface area contributed by atoms with Crippen LogP contribution in [0, 0.1) is 11.3 Å². The van der Waals surface area contributed by atoms with Gasteiger partial charge in [-0.15, -0.1) is 11.3 Å². The molecule has 5 nitrogen and oxygen atoms in total. The van der Waals surface area contributed by atoms with Crippen LogP contribution in [0.2, 0.25) is 5.02 Å². The van der Waals surface area contributed by atoms with Crippen LogP contribution in [-0.4, -0.2) is 37.4 Å². The molecule has 162 valence electrons. The molecule has 0 radical (unpaired) electrons. The number of halogens is 1. The van der Waals surface area contributed by atoms with Gasteiger partial charge in [-0.3, -0.25) is 9.59 Å². The summed E-state index contributed by atoms with van der Waals surface area (Å²) >= 11 is 7.77. The number of hydrogen-bond donors (Lipinski definition) is 2. The van der Waals surface area contributed by atoms with Crippen LogP contribution in [-0.2, 0) is 17.6 Å². The number of anilines is 2. The van der Waals surface area contributed by atoms with Gasteiger partial charge < -0.3 is 15.5 Å². The molecule has 2 N–H and O–H groups in total. The smallest absolute Gasteiger partial charge is 0.258 e. The lowest BCUT2D eigenvalue weighted by Gasteiger charge is -2.33. The molecule has 1 heterocycles. The Hall–Kier alpha value is -1.89. The maximum absolute atomic E-state index is 13.3. The number of amides is 2. The van der Waals surface area contributed by atoms with Crippen LogP contribution in [0.4, 0.5) is 10.7 Å². The van der Waals surface area contributed by atoms with E-state index >= 15 is 0 Å². The molecule has 1 aliphatic rings. The maximum atomic E-state index is 13.3. The van der Waals surface area contributed by atoms with Crippen molar-refractivity contribution in [1.82, 2.24) is 4.90 Å². The van der Waals surface area contributed by atoms with Crippen LogP contribution < -0.4 is 10.6 Å². The second kappa shape index (κ2) is 9.08. The molecule has 1 aromatic heterocycles. The first-order valence-electron chi connectivity index (χ1n) is 10.2. The van der Waals surface area contributed by atoms with E-state index in [1.165, 1.54) is 16.2 Å². The van der Waals surface area contributed by atoms with Crippen molar-refractivity contribution in [3.05, 3.63) is 45.3 Å². The van der Waals surface area contributed by atoms with Crippen molar-refractivity contribution in [3.63, 3.8) is 0 Å². The molecular weight excluding hydrogens is 418 g/mol. The van der Waals surface area contributed by atoms with Gasteiger partial charge in [0.05, 0.1) is 22.8 Å². The monoisotopic (exact) mass is 447 g/mol. The second-order valence-corrected chi connectivity index (χ2v) is 10.7. The molecule has 3 rings (SSSR count). The average molecular weight is 448 g/mol. The lowest BCUT2D eigenvalue weighted by molar-refractivity contribution is -0.116. The van der Waals surface area contributed by atoms with Crippen LogP contribution in [0.5, 0.6) is 0 Å². The molecular formula is C23H30ClN3O2S. The molecule has 7 heteroatoms. The molecule has 1 aliphatic carbocycles. The Morgan fingerprint density at radius 3 is 2.53 bits per heavy atom. The number of benzene rings is 1. The van der Waals surface area contributed by atoms with Gasteiger partial charge in [0.2, 0.25) is 5.91 Å². The summed E-state index contributed by atoms with van der Waals surface area (Å²) in [6, 6.07) is 7.18. The fourth-order valence-electron chi connectivity index (χ4n) is 3.85. The number of rotatable bonds is 5. The number of hydrogen-bond acceptors (Lipinski definition) is 4. The summed E-state index contributed by atoms with van der Waals surface area (Å²) in [5.74, 6) is 0.196. The van der Waals surface area contributed by atoms with Crippen molar-refractivity contribution < 1.29 is 9.59 Å². The lowest BCUT2D eigenvalue weighted by atomic mass is 9.72. The van der Waals surface area contributed by atoms with Gasteiger partial charge in [0.15, 0.2) is 0 Å². The molecule has 0 saturated carbocycles. The zero-order valence-corrected chi connectivity index (χ0v) is 19.8. The molecule has 2 amide bonds. The highest BCUT2D eigenvalue weighted by Gasteiger charge is 2.34. The Kier molecular flexibility index (Phi) is 6.90. The first-order valence-corrected chi connectivity index (χ1v) is 11.4. The van der Waals surface area contributed by atoms with Crippen LogP contribution >= 0.6 is 22.9 Å². The van der Waals surface area contributed by atoms with E-state index in [0.717, 1.165) is 24.8 Å². The molecule has 1 aromatic carbocycles. The molecule has 1 atom stereocenters. The zero-order valence-electron chi connectivity index (χ0n) is 18.3. The third-order valence-corrected chi connectivity index (χ3v) is 7.05. The summed E-state index contributed by atoms with van der Waals surface area (Å²) in [6.45, 7) is 7.06. The van der Waals surface area contributed by atoms with Gasteiger partial charge in [0.1, 0.15) is 5.00 Å². The van der Waals surface area contributed by atoms with Gasteiger partial charge in [-0.05, 0) is 62.4 Å². The number of carbonyl (C=O) groups is 2. The van der Waals surface area contributed by atoms with Gasteiger partial charge in [-0.25, -0.2) is 0 Å². The van der Waals surface area contributed by atoms with E-state index in [1.807, 2.05) is 31.1 Å². The van der Waals surface area contributed by atoms with Crippen molar-refractivity contribution in [3.8, 4) is 0 Å². The van der Waals surface area contributed by atoms with E-state index in [0.29, 0.717) is 27.2 Å². The van der Waals surface area contributed by atoms with Crippen molar-refractivity contribution in [2.24, 2.45) is 11.3 Å². The van der Waals surface area contributed by atoms with E-state index in [-0.39, 0.29) is 23.8 Å². The minimum Gasteiger partial charge on any atom is -0.321 e. The van der Waals surface area contributed by atoms with Crippen LogP contribution in [0.3, 0.4) is 0 Å². The number of fused-ring (bicyclic) bond motifs is 1. The Labute approximate surface area is 187 Å². The summed E-state index contributed by atoms with van der Waals surface area (Å²) in [6.07, 6.45) is 2.80. The van der Waals surface area contributed by atoms with Crippen molar-refractivity contribution >= 4 is 45.4 Å². The minimum absolute atomic E-state index is 0.127. The quantitative estimate of drug-likeness (QED) is 0.653. The number of likely N-dealkylation sites (N-methyl/N-ethyl adjacent to an activating group) is 1. The third kappa shape index (κ3) is 5.23. The highest BCUT2D eigenvalue weighted by Crippen LogP contribution is 2.44. The minimum atomic E-state index is -0.227. The summed E-state index contributed by atoms with van der Waals surface area (Å²) in [5, 5.41) is 7.03. The summed E-state index contributed by atoms with van der Waals surface area (Å²) in [7, 11) is 3.69. The van der Waals surface area contributed by atoms with Crippen LogP contribution in [0.1, 0.15) is 48.0 Å². The first kappa shape index (κ1) is 22.8. The summed E-state index contributed by atoms with van der Waals surface area (Å²) < 4.78 is 0. The molecule has 0 bridgehead atoms. The summed E-state index contributed by atoms with van der Waals surface area (Å²) in [5.41, 5.74) is 2.41. The van der Waals surface area contributed by atoms with E-state index in [4.69, 9.17) is 11.6 Å². The molecule has 0 saturated heterocycles. The van der Waals surface area contributed by atoms with E-state index < -0.39 is 0 Å². The molecule has 0 aliphatic heterocycles. The summed E-state index contributed by atoms with van der Waals surface area (Å²) in [4.78, 5) is 28.7. The Morgan fingerprint density at radius 1 is 1.20 bits per heavy atom. The van der Waals surface area contributed by atoms with Gasteiger partial charge >= 0.3 is 0 Å². The number of carbonyl (C=O) groups excluding carboxylic acids is 2. The van der Waals surface area contributed by atoms with E-state index in [9.17, 15) is 9.59 Å². The Bertz CT molecular complexity index is 946. The highest BCUT2D eigenvalue weighted by molar-refractivity contribution is 7.17. The van der Waals surface area contributed by atoms with Gasteiger partial charge in [-0.1, -0.05) is 44.5 Å². The average Bonchev–Trinajstić information content (AvgIpc) is 2.99. The maximum Gasteiger partial charge on any atom is 0.258 e. The molecule has 0 fully saturated rings.